The maximum Gasteiger partial charge on any atom is 0.173 e. The van der Waals surface area contributed by atoms with E-state index in [1.54, 1.807) is 29.8 Å². The molecule has 4 rings (SSSR count). The number of hydrogen-bond acceptors (Lipinski definition) is 5. The van der Waals surface area contributed by atoms with Gasteiger partial charge in [-0.2, -0.15) is 5.26 Å². The Hall–Kier alpha value is -4.06. The number of nitrogens with zero attached hydrogens (tertiary/aromatic N) is 3. The molecule has 0 aliphatic carbocycles. The highest BCUT2D eigenvalue weighted by Gasteiger charge is 2.20. The van der Waals surface area contributed by atoms with Gasteiger partial charge in [-0.05, 0) is 30.3 Å². The molecule has 2 heterocycles. The second-order valence-corrected chi connectivity index (χ2v) is 6.09. The molecule has 0 bridgehead atoms. The third kappa shape index (κ3) is 3.10. The minimum Gasteiger partial charge on any atom is -0.497 e. The lowest BCUT2D eigenvalue weighted by molar-refractivity contribution is 0.395. The lowest BCUT2D eigenvalue weighted by Gasteiger charge is -2.13. The van der Waals surface area contributed by atoms with Gasteiger partial charge in [0.25, 0.3) is 0 Å². The minimum atomic E-state index is -0.993. The van der Waals surface area contributed by atoms with Crippen LogP contribution in [0.1, 0.15) is 5.56 Å². The number of aromatic amines is 1. The number of methoxy groups -OCH3 is 2. The first-order valence-electron chi connectivity index (χ1n) is 8.50. The summed E-state index contributed by atoms with van der Waals surface area (Å²) in [7, 11) is 3.07. The molecule has 9 heteroatoms. The first kappa shape index (κ1) is 18.3. The summed E-state index contributed by atoms with van der Waals surface area (Å²) in [5.41, 5.74) is 1.93. The van der Waals surface area contributed by atoms with Crippen molar-refractivity contribution in [1.82, 2.24) is 14.6 Å². The summed E-state index contributed by atoms with van der Waals surface area (Å²) in [5.74, 6) is -0.410. The van der Waals surface area contributed by atoms with E-state index in [1.165, 1.54) is 19.4 Å². The predicted molar refractivity (Wildman–Crippen MR) is 102 cm³/mol. The molecular weight excluding hydrogens is 380 g/mol. The molecule has 0 unspecified atom stereocenters. The molecule has 2 aromatic carbocycles. The zero-order valence-corrected chi connectivity index (χ0v) is 15.5. The number of anilines is 2. The van der Waals surface area contributed by atoms with Crippen molar-refractivity contribution in [3.8, 4) is 28.8 Å². The lowest BCUT2D eigenvalue weighted by atomic mass is 10.1. The summed E-state index contributed by atoms with van der Waals surface area (Å²) < 4.78 is 39.4. The highest BCUT2D eigenvalue weighted by atomic mass is 19.2. The number of fused-ring (bicyclic) bond motifs is 1. The van der Waals surface area contributed by atoms with Crippen molar-refractivity contribution in [2.24, 2.45) is 0 Å². The van der Waals surface area contributed by atoms with Crippen LogP contribution < -0.4 is 14.8 Å². The van der Waals surface area contributed by atoms with Crippen molar-refractivity contribution in [3.63, 3.8) is 0 Å². The molecule has 0 aliphatic heterocycles. The molecular formula is C20H15F2N5O2. The van der Waals surface area contributed by atoms with Gasteiger partial charge in [0.2, 0.25) is 0 Å². The Morgan fingerprint density at radius 1 is 1.10 bits per heavy atom. The van der Waals surface area contributed by atoms with E-state index in [0.717, 1.165) is 12.1 Å². The van der Waals surface area contributed by atoms with Crippen LogP contribution in [0.25, 0.3) is 16.9 Å². The fourth-order valence-corrected chi connectivity index (χ4v) is 2.99. The quantitative estimate of drug-likeness (QED) is 0.528. The number of rotatable bonds is 5. The average molecular weight is 395 g/mol. The number of imidazole rings is 1. The fourth-order valence-electron chi connectivity index (χ4n) is 2.99. The van der Waals surface area contributed by atoms with Gasteiger partial charge in [0, 0.05) is 17.8 Å². The molecule has 0 fully saturated rings. The monoisotopic (exact) mass is 395 g/mol. The van der Waals surface area contributed by atoms with Crippen LogP contribution in [0.3, 0.4) is 0 Å². The van der Waals surface area contributed by atoms with Gasteiger partial charge in [0.15, 0.2) is 23.1 Å². The third-order valence-corrected chi connectivity index (χ3v) is 4.43. The zero-order valence-electron chi connectivity index (χ0n) is 15.5. The Balaban J connectivity index is 1.90. The van der Waals surface area contributed by atoms with E-state index < -0.39 is 11.6 Å². The van der Waals surface area contributed by atoms with Crippen molar-refractivity contribution in [3.05, 3.63) is 59.8 Å². The predicted octanol–water partition coefficient (Wildman–Crippen LogP) is 4.24. The number of hydrogen-bond donors (Lipinski definition) is 2. The average Bonchev–Trinajstić information content (AvgIpc) is 3.30. The van der Waals surface area contributed by atoms with E-state index in [0.29, 0.717) is 45.5 Å². The third-order valence-electron chi connectivity index (χ3n) is 4.43. The van der Waals surface area contributed by atoms with Crippen LogP contribution in [0.4, 0.5) is 20.3 Å². The highest BCUT2D eigenvalue weighted by molar-refractivity contribution is 5.82. The number of ether oxygens (including phenoxy) is 2. The summed E-state index contributed by atoms with van der Waals surface area (Å²) >= 11 is 0. The number of benzene rings is 2. The first-order valence-corrected chi connectivity index (χ1v) is 8.50. The van der Waals surface area contributed by atoms with E-state index in [-0.39, 0.29) is 0 Å². The molecule has 146 valence electrons. The Morgan fingerprint density at radius 3 is 2.62 bits per heavy atom. The topological polar surface area (TPSA) is 87.4 Å². The number of halogens is 2. The van der Waals surface area contributed by atoms with E-state index in [2.05, 4.69) is 15.4 Å². The van der Waals surface area contributed by atoms with E-state index in [9.17, 15) is 14.0 Å². The minimum absolute atomic E-state index is 0.309. The van der Waals surface area contributed by atoms with Crippen molar-refractivity contribution < 1.29 is 18.3 Å². The maximum atomic E-state index is 13.8. The Morgan fingerprint density at radius 2 is 1.93 bits per heavy atom. The Kier molecular flexibility index (Phi) is 4.52. The second kappa shape index (κ2) is 7.16. The molecule has 2 N–H and O–H groups in total. The van der Waals surface area contributed by atoms with Crippen molar-refractivity contribution in [1.29, 1.82) is 5.26 Å². The second-order valence-electron chi connectivity index (χ2n) is 6.09. The molecule has 0 spiro atoms. The number of H-pyrrole nitrogens is 1. The molecule has 0 amide bonds. The van der Waals surface area contributed by atoms with Crippen LogP contribution in [0.5, 0.6) is 11.5 Å². The first-order chi connectivity index (χ1) is 14.0. The van der Waals surface area contributed by atoms with Gasteiger partial charge in [-0.3, -0.25) is 5.10 Å². The molecule has 2 aromatic heterocycles. The summed E-state index contributed by atoms with van der Waals surface area (Å²) in [6.07, 6.45) is 1.51. The summed E-state index contributed by atoms with van der Waals surface area (Å²) in [6.45, 7) is 0. The summed E-state index contributed by atoms with van der Waals surface area (Å²) in [5, 5.41) is 15.5. The molecule has 7 nitrogen and oxygen atoms in total. The number of nitriles is 1. The fraction of sp³-hybridized carbons (Fsp3) is 0.100. The number of aromatic nitrogens is 3. The van der Waals surface area contributed by atoms with Crippen molar-refractivity contribution in [2.45, 2.75) is 0 Å². The van der Waals surface area contributed by atoms with E-state index >= 15 is 0 Å². The standard InChI is InChI=1S/C20H15F2N5O2/c1-28-13-4-6-16(17(8-13)29-2)25-20-18(11-3-5-14(21)15(22)7-11)26-19-12(9-23)10-24-27(19)20/h3-8,10,24-25H,1-2H3. The normalized spacial score (nSPS) is 10.7. The molecule has 0 saturated heterocycles. The summed E-state index contributed by atoms with van der Waals surface area (Å²) in [6, 6.07) is 10.7. The van der Waals surface area contributed by atoms with Crippen LogP contribution in [-0.2, 0) is 0 Å². The van der Waals surface area contributed by atoms with Crippen molar-refractivity contribution >= 4 is 17.2 Å². The van der Waals surface area contributed by atoms with Gasteiger partial charge in [-0.15, -0.1) is 0 Å². The molecule has 4 aromatic rings. The van der Waals surface area contributed by atoms with E-state index in [1.807, 2.05) is 6.07 Å². The molecule has 0 atom stereocenters. The smallest absolute Gasteiger partial charge is 0.173 e. The van der Waals surface area contributed by atoms with E-state index in [4.69, 9.17) is 9.47 Å². The van der Waals surface area contributed by atoms with Crippen LogP contribution in [0.2, 0.25) is 0 Å². The van der Waals surface area contributed by atoms with Crippen LogP contribution in [0, 0.1) is 23.0 Å². The van der Waals surface area contributed by atoms with Crippen molar-refractivity contribution in [2.75, 3.05) is 19.5 Å². The molecule has 0 aliphatic rings. The van der Waals surface area contributed by atoms with Gasteiger partial charge in [0.1, 0.15) is 28.8 Å². The molecule has 0 radical (unpaired) electrons. The maximum absolute atomic E-state index is 13.8. The molecule has 0 saturated carbocycles. The SMILES string of the molecule is COc1ccc(Nc2c(-c3ccc(F)c(F)c3)nc3c(C#N)c[nH]n23)c(OC)c1. The Bertz CT molecular complexity index is 1260. The summed E-state index contributed by atoms with van der Waals surface area (Å²) in [4.78, 5) is 4.46. The largest absolute Gasteiger partial charge is 0.497 e. The van der Waals surface area contributed by atoms with Crippen LogP contribution in [-0.4, -0.2) is 28.8 Å². The number of nitrogens with one attached hydrogen (secondary N) is 2. The van der Waals surface area contributed by atoms with Gasteiger partial charge in [-0.1, -0.05) is 0 Å². The van der Waals surface area contributed by atoms with Crippen LogP contribution >= 0.6 is 0 Å². The molecule has 29 heavy (non-hydrogen) atoms. The van der Waals surface area contributed by atoms with Gasteiger partial charge >= 0.3 is 0 Å². The highest BCUT2D eigenvalue weighted by Crippen LogP contribution is 2.36. The van der Waals surface area contributed by atoms with Gasteiger partial charge in [0.05, 0.1) is 19.9 Å². The van der Waals surface area contributed by atoms with Gasteiger partial charge < -0.3 is 14.8 Å². The Labute approximate surface area is 164 Å². The lowest BCUT2D eigenvalue weighted by Crippen LogP contribution is -2.00. The van der Waals surface area contributed by atoms with Crippen LogP contribution in [0.15, 0.2) is 42.6 Å². The zero-order chi connectivity index (χ0) is 20.5. The van der Waals surface area contributed by atoms with Gasteiger partial charge in [-0.25, -0.2) is 18.3 Å².